The molecule has 0 aliphatic carbocycles. The molecule has 2 heterocycles. The van der Waals surface area contributed by atoms with Crippen molar-refractivity contribution in [2.24, 2.45) is 10.9 Å². The summed E-state index contributed by atoms with van der Waals surface area (Å²) in [5, 5.41) is 6.71. The van der Waals surface area contributed by atoms with E-state index in [-0.39, 0.29) is 0 Å². The van der Waals surface area contributed by atoms with Gasteiger partial charge in [-0.2, -0.15) is 0 Å². The maximum absolute atomic E-state index is 5.77. The van der Waals surface area contributed by atoms with Gasteiger partial charge in [0.2, 0.25) is 0 Å². The minimum Gasteiger partial charge on any atom is -0.381 e. The molecule has 1 fully saturated rings. The first kappa shape index (κ1) is 10.8. The van der Waals surface area contributed by atoms with Crippen LogP contribution in [0.4, 0.5) is 0 Å². The van der Waals surface area contributed by atoms with Crippen molar-refractivity contribution in [2.75, 3.05) is 26.3 Å². The number of aliphatic imine (C=N–C) groups is 1. The second-order valence-corrected chi connectivity index (χ2v) is 4.17. The summed E-state index contributed by atoms with van der Waals surface area (Å²) >= 11 is 5.77. The molecule has 0 amide bonds. The van der Waals surface area contributed by atoms with Gasteiger partial charge in [0.1, 0.15) is 5.82 Å². The fourth-order valence-electron chi connectivity index (χ4n) is 1.73. The van der Waals surface area contributed by atoms with E-state index >= 15 is 0 Å². The molecular weight excluding hydrogens is 214 g/mol. The van der Waals surface area contributed by atoms with Gasteiger partial charge in [-0.05, 0) is 36.4 Å². The monoisotopic (exact) mass is 229 g/mol. The minimum absolute atomic E-state index is 0.465. The van der Waals surface area contributed by atoms with Gasteiger partial charge in [0.15, 0.2) is 5.29 Å². The van der Waals surface area contributed by atoms with Crippen molar-refractivity contribution in [3.63, 3.8) is 0 Å². The average Bonchev–Trinajstić information content (AvgIpc) is 2.28. The summed E-state index contributed by atoms with van der Waals surface area (Å²) in [5.41, 5.74) is 0. The summed E-state index contributed by atoms with van der Waals surface area (Å²) in [6, 6.07) is 0. The largest absolute Gasteiger partial charge is 0.381 e. The van der Waals surface area contributed by atoms with E-state index in [0.29, 0.717) is 11.2 Å². The topological polar surface area (TPSA) is 45.7 Å². The first-order valence-electron chi connectivity index (χ1n) is 5.34. The van der Waals surface area contributed by atoms with Crippen LogP contribution in [0.2, 0.25) is 0 Å². The molecule has 0 atom stereocenters. The number of amidine groups is 1. The van der Waals surface area contributed by atoms with Crippen LogP contribution in [0.25, 0.3) is 0 Å². The predicted molar refractivity (Wildman–Crippen MR) is 60.9 cm³/mol. The van der Waals surface area contributed by atoms with Gasteiger partial charge < -0.3 is 15.4 Å². The van der Waals surface area contributed by atoms with Crippen LogP contribution in [-0.2, 0) is 4.74 Å². The molecule has 1 saturated heterocycles. The summed E-state index contributed by atoms with van der Waals surface area (Å²) in [6.07, 6.45) is 4.27. The molecule has 0 aromatic heterocycles. The molecule has 0 unspecified atom stereocenters. The molecular formula is C10H16ClN3O. The third kappa shape index (κ3) is 3.39. The van der Waals surface area contributed by atoms with Crippen molar-refractivity contribution in [1.29, 1.82) is 0 Å². The smallest absolute Gasteiger partial charge is 0.198 e. The molecule has 0 aromatic rings. The van der Waals surface area contributed by atoms with E-state index in [0.717, 1.165) is 45.0 Å². The lowest BCUT2D eigenvalue weighted by atomic mass is 10.0. The number of ether oxygens (including phenoxy) is 1. The van der Waals surface area contributed by atoms with Gasteiger partial charge in [-0.1, -0.05) is 0 Å². The van der Waals surface area contributed by atoms with Gasteiger partial charge in [-0.15, -0.1) is 0 Å². The minimum atomic E-state index is 0.465. The van der Waals surface area contributed by atoms with E-state index < -0.39 is 0 Å². The van der Waals surface area contributed by atoms with Crippen molar-refractivity contribution < 1.29 is 4.74 Å². The standard InChI is InChI=1S/C10H16ClN3O/c11-10-12-4-1-9(14-10)13-7-8-2-5-15-6-3-8/h1,8,13H,2-7H2,(H,12,14). The van der Waals surface area contributed by atoms with E-state index in [1.54, 1.807) is 0 Å². The lowest BCUT2D eigenvalue weighted by Crippen LogP contribution is -2.30. The Hall–Kier alpha value is -0.740. The Morgan fingerprint density at radius 2 is 2.33 bits per heavy atom. The first-order chi connectivity index (χ1) is 7.34. The maximum Gasteiger partial charge on any atom is 0.198 e. The molecule has 0 bridgehead atoms. The quantitative estimate of drug-likeness (QED) is 0.711. The highest BCUT2D eigenvalue weighted by Crippen LogP contribution is 2.14. The zero-order valence-electron chi connectivity index (χ0n) is 8.63. The van der Waals surface area contributed by atoms with Gasteiger partial charge >= 0.3 is 0 Å². The lowest BCUT2D eigenvalue weighted by molar-refractivity contribution is 0.0670. The number of rotatable bonds is 3. The molecule has 2 aliphatic rings. The molecule has 0 aromatic carbocycles. The molecule has 2 rings (SSSR count). The van der Waals surface area contributed by atoms with Gasteiger partial charge in [0, 0.05) is 26.3 Å². The highest BCUT2D eigenvalue weighted by Gasteiger charge is 2.14. The molecule has 0 spiro atoms. The van der Waals surface area contributed by atoms with Crippen LogP contribution < -0.4 is 10.6 Å². The Balaban J connectivity index is 1.75. The fourth-order valence-corrected chi connectivity index (χ4v) is 1.90. The Morgan fingerprint density at radius 1 is 1.53 bits per heavy atom. The van der Waals surface area contributed by atoms with Crippen LogP contribution in [0.15, 0.2) is 16.9 Å². The number of hydrogen-bond donors (Lipinski definition) is 2. The predicted octanol–water partition coefficient (Wildman–Crippen LogP) is 1.04. The Kier molecular flexibility index (Phi) is 3.86. The molecule has 4 nitrogen and oxygen atoms in total. The van der Waals surface area contributed by atoms with Crippen molar-refractivity contribution >= 4 is 16.9 Å². The van der Waals surface area contributed by atoms with Crippen LogP contribution in [0.5, 0.6) is 0 Å². The second kappa shape index (κ2) is 5.37. The van der Waals surface area contributed by atoms with Crippen molar-refractivity contribution in [2.45, 2.75) is 12.8 Å². The molecule has 5 heteroatoms. The van der Waals surface area contributed by atoms with Gasteiger partial charge in [0.05, 0.1) is 0 Å². The van der Waals surface area contributed by atoms with E-state index in [4.69, 9.17) is 16.3 Å². The second-order valence-electron chi connectivity index (χ2n) is 3.81. The zero-order chi connectivity index (χ0) is 10.5. The average molecular weight is 230 g/mol. The molecule has 2 aliphatic heterocycles. The molecule has 2 N–H and O–H groups in total. The van der Waals surface area contributed by atoms with Crippen LogP contribution in [-0.4, -0.2) is 31.6 Å². The highest BCUT2D eigenvalue weighted by atomic mass is 35.5. The van der Waals surface area contributed by atoms with E-state index in [1.807, 2.05) is 6.08 Å². The van der Waals surface area contributed by atoms with Crippen LogP contribution >= 0.6 is 11.6 Å². The molecule has 0 radical (unpaired) electrons. The highest BCUT2D eigenvalue weighted by molar-refractivity contribution is 6.64. The van der Waals surface area contributed by atoms with E-state index in [9.17, 15) is 0 Å². The molecule has 84 valence electrons. The molecule has 0 saturated carbocycles. The van der Waals surface area contributed by atoms with Gasteiger partial charge in [0.25, 0.3) is 0 Å². The van der Waals surface area contributed by atoms with Gasteiger partial charge in [-0.3, -0.25) is 0 Å². The number of nitrogens with one attached hydrogen (secondary N) is 2. The van der Waals surface area contributed by atoms with Crippen LogP contribution in [0.3, 0.4) is 0 Å². The third-order valence-electron chi connectivity index (χ3n) is 2.67. The van der Waals surface area contributed by atoms with Crippen molar-refractivity contribution in [3.05, 3.63) is 11.9 Å². The number of nitrogens with zero attached hydrogens (tertiary/aromatic N) is 1. The maximum atomic E-state index is 5.77. The van der Waals surface area contributed by atoms with Gasteiger partial charge in [-0.25, -0.2) is 4.99 Å². The third-order valence-corrected chi connectivity index (χ3v) is 2.89. The SMILES string of the molecule is ClC1=NC(NCC2CCOCC2)=CCN1. The van der Waals surface area contributed by atoms with Crippen LogP contribution in [0.1, 0.15) is 12.8 Å². The Labute approximate surface area is 94.7 Å². The van der Waals surface area contributed by atoms with Crippen LogP contribution in [0, 0.1) is 5.92 Å². The van der Waals surface area contributed by atoms with E-state index in [2.05, 4.69) is 15.6 Å². The summed E-state index contributed by atoms with van der Waals surface area (Å²) in [5.74, 6) is 1.58. The first-order valence-corrected chi connectivity index (χ1v) is 5.72. The van der Waals surface area contributed by atoms with Crippen molar-refractivity contribution in [3.8, 4) is 0 Å². The summed E-state index contributed by atoms with van der Waals surface area (Å²) in [7, 11) is 0. The molecule has 15 heavy (non-hydrogen) atoms. The Bertz CT molecular complexity index is 272. The number of hydrogen-bond acceptors (Lipinski definition) is 4. The summed E-state index contributed by atoms with van der Waals surface area (Å²) in [4.78, 5) is 4.16. The fraction of sp³-hybridized carbons (Fsp3) is 0.700. The normalized spacial score (nSPS) is 22.7. The Morgan fingerprint density at radius 3 is 3.07 bits per heavy atom. The van der Waals surface area contributed by atoms with E-state index in [1.165, 1.54) is 0 Å². The summed E-state index contributed by atoms with van der Waals surface area (Å²) < 4.78 is 5.31. The number of halogens is 1. The summed E-state index contributed by atoms with van der Waals surface area (Å²) in [6.45, 7) is 3.48. The van der Waals surface area contributed by atoms with Crippen molar-refractivity contribution in [1.82, 2.24) is 10.6 Å². The zero-order valence-corrected chi connectivity index (χ0v) is 9.39. The lowest BCUT2D eigenvalue weighted by Gasteiger charge is -2.23.